The Kier molecular flexibility index (Phi) is 8.37. The number of carbonyl (C=O) groups excluding carboxylic acids is 2. The zero-order valence-electron chi connectivity index (χ0n) is 18.5. The molecule has 9 heteroatoms. The van der Waals surface area contributed by atoms with Gasteiger partial charge in [0.1, 0.15) is 5.82 Å². The minimum atomic E-state index is -0.596. The Labute approximate surface area is 196 Å². The number of amides is 2. The molecule has 0 fully saturated rings. The van der Waals surface area contributed by atoms with E-state index in [4.69, 9.17) is 0 Å². The Hall–Kier alpha value is -3.46. The topological polar surface area (TPSA) is 88.9 Å². The first-order valence-corrected chi connectivity index (χ1v) is 11.5. The van der Waals surface area contributed by atoms with Crippen LogP contribution in [0.25, 0.3) is 0 Å². The molecule has 1 heterocycles. The van der Waals surface area contributed by atoms with Crippen LogP contribution in [-0.2, 0) is 17.8 Å². The van der Waals surface area contributed by atoms with Crippen LogP contribution in [0, 0.1) is 5.82 Å². The molecule has 3 aromatic rings. The molecule has 0 aliphatic carbocycles. The number of aryl methyl sites for hydroxylation is 1. The van der Waals surface area contributed by atoms with Gasteiger partial charge in [-0.05, 0) is 37.1 Å². The standard InChI is InChI=1S/C24H26FN5O2S/c1-4-14-30-22(16(3)26-23(32)18-11-7-8-12-19(18)25)28-29-24(30)33-15-21(31)27-20-13-9-6-10-17(20)5-2/h4,6-13,16H,1,5,14-15H2,2-3H3,(H,26,32)(H,27,31)/t16-/m0/s1. The molecule has 0 aliphatic heterocycles. The Bertz CT molecular complexity index is 1150. The molecule has 7 nitrogen and oxygen atoms in total. The molecule has 2 amide bonds. The highest BCUT2D eigenvalue weighted by Crippen LogP contribution is 2.22. The number of hydrogen-bond donors (Lipinski definition) is 2. The molecule has 0 radical (unpaired) electrons. The molecule has 2 N–H and O–H groups in total. The van der Waals surface area contributed by atoms with Gasteiger partial charge in [0.05, 0.1) is 17.4 Å². The summed E-state index contributed by atoms with van der Waals surface area (Å²) in [5.74, 6) is -0.669. The van der Waals surface area contributed by atoms with E-state index in [1.165, 1.54) is 30.0 Å². The van der Waals surface area contributed by atoms with Crippen molar-refractivity contribution in [3.05, 3.63) is 84.0 Å². The zero-order chi connectivity index (χ0) is 23.8. The first-order valence-electron chi connectivity index (χ1n) is 10.5. The molecule has 172 valence electrons. The van der Waals surface area contributed by atoms with Crippen molar-refractivity contribution in [1.82, 2.24) is 20.1 Å². The molecular formula is C24H26FN5O2S. The monoisotopic (exact) mass is 467 g/mol. The van der Waals surface area contributed by atoms with Crippen LogP contribution in [0.3, 0.4) is 0 Å². The number of hydrogen-bond acceptors (Lipinski definition) is 5. The van der Waals surface area contributed by atoms with Gasteiger partial charge in [0, 0.05) is 12.2 Å². The molecule has 2 aromatic carbocycles. The summed E-state index contributed by atoms with van der Waals surface area (Å²) in [6.07, 6.45) is 2.50. The number of allylic oxidation sites excluding steroid dienone is 1. The number of nitrogens with zero attached hydrogens (tertiary/aromatic N) is 3. The van der Waals surface area contributed by atoms with Gasteiger partial charge in [-0.1, -0.05) is 55.1 Å². The van der Waals surface area contributed by atoms with Gasteiger partial charge < -0.3 is 15.2 Å². The third kappa shape index (κ3) is 6.07. The van der Waals surface area contributed by atoms with Crippen molar-refractivity contribution >= 4 is 29.3 Å². The van der Waals surface area contributed by atoms with E-state index in [0.29, 0.717) is 17.5 Å². The molecule has 0 aliphatic rings. The van der Waals surface area contributed by atoms with Crippen molar-refractivity contribution in [2.75, 3.05) is 11.1 Å². The van der Waals surface area contributed by atoms with Crippen LogP contribution in [0.2, 0.25) is 0 Å². The number of nitrogens with one attached hydrogen (secondary N) is 2. The Morgan fingerprint density at radius 2 is 1.91 bits per heavy atom. The summed E-state index contributed by atoms with van der Waals surface area (Å²) in [7, 11) is 0. The average molecular weight is 468 g/mol. The minimum Gasteiger partial charge on any atom is -0.342 e. The highest BCUT2D eigenvalue weighted by Gasteiger charge is 2.21. The van der Waals surface area contributed by atoms with Crippen LogP contribution in [0.15, 0.2) is 66.3 Å². The number of aromatic nitrogens is 3. The number of anilines is 1. The average Bonchev–Trinajstić information content (AvgIpc) is 3.21. The molecule has 33 heavy (non-hydrogen) atoms. The van der Waals surface area contributed by atoms with E-state index < -0.39 is 17.8 Å². The summed E-state index contributed by atoms with van der Waals surface area (Å²) in [4.78, 5) is 25.0. The number of thioether (sulfide) groups is 1. The third-order valence-electron chi connectivity index (χ3n) is 4.92. The van der Waals surface area contributed by atoms with Gasteiger partial charge in [-0.2, -0.15) is 0 Å². The molecule has 0 bridgehead atoms. The largest absolute Gasteiger partial charge is 0.342 e. The summed E-state index contributed by atoms with van der Waals surface area (Å²) in [5, 5.41) is 14.6. The third-order valence-corrected chi connectivity index (χ3v) is 5.88. The second kappa shape index (κ2) is 11.4. The Balaban J connectivity index is 1.68. The highest BCUT2D eigenvalue weighted by molar-refractivity contribution is 7.99. The fourth-order valence-corrected chi connectivity index (χ4v) is 4.03. The second-order valence-electron chi connectivity index (χ2n) is 7.26. The van der Waals surface area contributed by atoms with Gasteiger partial charge >= 0.3 is 0 Å². The highest BCUT2D eigenvalue weighted by atomic mass is 32.2. The smallest absolute Gasteiger partial charge is 0.254 e. The lowest BCUT2D eigenvalue weighted by Gasteiger charge is -2.15. The summed E-state index contributed by atoms with van der Waals surface area (Å²) in [6.45, 7) is 7.93. The van der Waals surface area contributed by atoms with Crippen LogP contribution >= 0.6 is 11.8 Å². The molecule has 0 saturated heterocycles. The van der Waals surface area contributed by atoms with E-state index in [0.717, 1.165) is 17.7 Å². The second-order valence-corrected chi connectivity index (χ2v) is 8.21. The van der Waals surface area contributed by atoms with Gasteiger partial charge in [-0.15, -0.1) is 16.8 Å². The molecule has 0 saturated carbocycles. The van der Waals surface area contributed by atoms with Crippen LogP contribution in [0.4, 0.5) is 10.1 Å². The van der Waals surface area contributed by atoms with E-state index >= 15 is 0 Å². The minimum absolute atomic E-state index is 0.0437. The van der Waals surface area contributed by atoms with E-state index in [9.17, 15) is 14.0 Å². The lowest BCUT2D eigenvalue weighted by Crippen LogP contribution is -2.29. The zero-order valence-corrected chi connectivity index (χ0v) is 19.4. The van der Waals surface area contributed by atoms with Crippen molar-refractivity contribution < 1.29 is 14.0 Å². The first-order chi connectivity index (χ1) is 15.9. The molecule has 3 rings (SSSR count). The van der Waals surface area contributed by atoms with Crippen LogP contribution in [0.1, 0.15) is 41.6 Å². The number of rotatable bonds is 10. The molecule has 1 atom stereocenters. The molecule has 0 unspecified atom stereocenters. The van der Waals surface area contributed by atoms with Gasteiger partial charge in [-0.25, -0.2) is 4.39 Å². The summed E-state index contributed by atoms with van der Waals surface area (Å²) in [6, 6.07) is 12.9. The van der Waals surface area contributed by atoms with Crippen LogP contribution in [0.5, 0.6) is 0 Å². The lowest BCUT2D eigenvalue weighted by molar-refractivity contribution is -0.113. The van der Waals surface area contributed by atoms with Gasteiger partial charge in [0.2, 0.25) is 5.91 Å². The predicted octanol–water partition coefficient (Wildman–Crippen LogP) is 4.39. The van der Waals surface area contributed by atoms with E-state index in [1.54, 1.807) is 23.6 Å². The Morgan fingerprint density at radius 1 is 1.18 bits per heavy atom. The number of carbonyl (C=O) groups is 2. The van der Waals surface area contributed by atoms with Crippen molar-refractivity contribution in [3.8, 4) is 0 Å². The number of para-hydroxylation sites is 1. The quantitative estimate of drug-likeness (QED) is 0.341. The fraction of sp³-hybridized carbons (Fsp3) is 0.250. The van der Waals surface area contributed by atoms with E-state index in [2.05, 4.69) is 27.4 Å². The maximum absolute atomic E-state index is 13.9. The van der Waals surface area contributed by atoms with Crippen molar-refractivity contribution in [2.24, 2.45) is 0 Å². The molecular weight excluding hydrogens is 441 g/mol. The summed E-state index contributed by atoms with van der Waals surface area (Å²) < 4.78 is 15.7. The Morgan fingerprint density at radius 3 is 2.64 bits per heavy atom. The first kappa shape index (κ1) is 24.2. The SMILES string of the molecule is C=CCn1c(SCC(=O)Nc2ccccc2CC)nnc1[C@H](C)NC(=O)c1ccccc1F. The molecule has 0 spiro atoms. The van der Waals surface area contributed by atoms with Gasteiger partial charge in [0.15, 0.2) is 11.0 Å². The van der Waals surface area contributed by atoms with Gasteiger partial charge in [0.25, 0.3) is 5.91 Å². The van der Waals surface area contributed by atoms with E-state index in [-0.39, 0.29) is 17.2 Å². The number of benzene rings is 2. The summed E-state index contributed by atoms with van der Waals surface area (Å²) >= 11 is 1.24. The van der Waals surface area contributed by atoms with E-state index in [1.807, 2.05) is 31.2 Å². The van der Waals surface area contributed by atoms with Crippen molar-refractivity contribution in [1.29, 1.82) is 0 Å². The van der Waals surface area contributed by atoms with Crippen molar-refractivity contribution in [2.45, 2.75) is 38.0 Å². The predicted molar refractivity (Wildman–Crippen MR) is 128 cm³/mol. The fourth-order valence-electron chi connectivity index (χ4n) is 3.28. The molecule has 1 aromatic heterocycles. The maximum Gasteiger partial charge on any atom is 0.254 e. The lowest BCUT2D eigenvalue weighted by atomic mass is 10.1. The van der Waals surface area contributed by atoms with Crippen molar-refractivity contribution in [3.63, 3.8) is 0 Å². The number of halogens is 1. The normalized spacial score (nSPS) is 11.6. The van der Waals surface area contributed by atoms with Crippen LogP contribution < -0.4 is 10.6 Å². The van der Waals surface area contributed by atoms with Gasteiger partial charge in [-0.3, -0.25) is 9.59 Å². The maximum atomic E-state index is 13.9. The van der Waals surface area contributed by atoms with Crippen LogP contribution in [-0.4, -0.2) is 32.3 Å². The summed E-state index contributed by atoms with van der Waals surface area (Å²) in [5.41, 5.74) is 1.81.